The van der Waals surface area contributed by atoms with Crippen molar-refractivity contribution in [3.63, 3.8) is 0 Å². The molecule has 0 bridgehead atoms. The van der Waals surface area contributed by atoms with Gasteiger partial charge < -0.3 is 20.5 Å². The van der Waals surface area contributed by atoms with E-state index in [-0.39, 0.29) is 5.69 Å². The van der Waals surface area contributed by atoms with Gasteiger partial charge in [0, 0.05) is 7.05 Å². The Labute approximate surface area is 136 Å². The zero-order chi connectivity index (χ0) is 17.9. The molecule has 24 heavy (non-hydrogen) atoms. The summed E-state index contributed by atoms with van der Waals surface area (Å²) in [6, 6.07) is 8.76. The molecule has 2 N–H and O–H groups in total. The van der Waals surface area contributed by atoms with E-state index in [1.807, 2.05) is 5.32 Å². The van der Waals surface area contributed by atoms with Gasteiger partial charge in [-0.2, -0.15) is 0 Å². The fourth-order valence-corrected chi connectivity index (χ4v) is 2.12. The summed E-state index contributed by atoms with van der Waals surface area (Å²) in [4.78, 5) is 46.1. The lowest BCUT2D eigenvalue weighted by Gasteiger charge is -2.07. The molecule has 0 aliphatic rings. The van der Waals surface area contributed by atoms with Gasteiger partial charge in [-0.15, -0.1) is 0 Å². The molecule has 126 valence electrons. The third-order valence-electron chi connectivity index (χ3n) is 3.39. The van der Waals surface area contributed by atoms with Crippen LogP contribution in [0.1, 0.15) is 5.69 Å². The van der Waals surface area contributed by atoms with Crippen molar-refractivity contribution < 1.29 is 19.5 Å². The van der Waals surface area contributed by atoms with Crippen LogP contribution in [-0.2, 0) is 21.4 Å². The average Bonchev–Trinajstić information content (AvgIpc) is 2.76. The van der Waals surface area contributed by atoms with Crippen LogP contribution in [0.15, 0.2) is 35.1 Å². The number of carboxylic acid groups (broad SMARTS) is 1. The molecule has 0 saturated heterocycles. The number of carboxylic acids is 1. The molecular weight excluding hydrogens is 316 g/mol. The molecule has 1 aromatic heterocycles. The zero-order valence-electron chi connectivity index (χ0n) is 13.0. The highest BCUT2D eigenvalue weighted by atomic mass is 16.4. The van der Waals surface area contributed by atoms with Gasteiger partial charge in [0.2, 0.25) is 0 Å². The van der Waals surface area contributed by atoms with Crippen molar-refractivity contribution in [3.05, 3.63) is 46.4 Å². The van der Waals surface area contributed by atoms with Crippen molar-refractivity contribution >= 4 is 23.5 Å². The van der Waals surface area contributed by atoms with E-state index >= 15 is 0 Å². The molecule has 0 saturated carbocycles. The number of aliphatic carboxylic acids is 1. The first kappa shape index (κ1) is 17.0. The Morgan fingerprint density at radius 2 is 1.75 bits per heavy atom. The number of aromatic nitrogens is 2. The molecule has 0 unspecified atom stereocenters. The Bertz CT molecular complexity index is 851. The molecule has 1 aromatic carbocycles. The van der Waals surface area contributed by atoms with Gasteiger partial charge in [0.1, 0.15) is 5.69 Å². The lowest BCUT2D eigenvalue weighted by Crippen LogP contribution is -2.42. The summed E-state index contributed by atoms with van der Waals surface area (Å²) in [5.74, 6) is -3.84. The van der Waals surface area contributed by atoms with E-state index < -0.39 is 29.9 Å². The standard InChI is InChI=1S/C15H16N4O5/c1-9-12(17-14(23)13(22)16-8-11(20)21)15(24)19(18(9)2)10-6-4-3-5-7-10/h3-7H,8H2,1-2H3,(H,16,22)(H,17,23)(H,20,21)/p-1. The van der Waals surface area contributed by atoms with Crippen molar-refractivity contribution in [1.82, 2.24) is 14.7 Å². The number of hydrogen-bond donors (Lipinski definition) is 2. The highest BCUT2D eigenvalue weighted by Gasteiger charge is 2.21. The van der Waals surface area contributed by atoms with Gasteiger partial charge in [0.25, 0.3) is 5.56 Å². The Morgan fingerprint density at radius 1 is 1.12 bits per heavy atom. The van der Waals surface area contributed by atoms with Crippen LogP contribution in [0.3, 0.4) is 0 Å². The summed E-state index contributed by atoms with van der Waals surface area (Å²) in [7, 11) is 1.63. The third kappa shape index (κ3) is 3.35. The number of anilines is 1. The third-order valence-corrected chi connectivity index (χ3v) is 3.39. The van der Waals surface area contributed by atoms with E-state index in [9.17, 15) is 24.3 Å². The minimum absolute atomic E-state index is 0.0602. The topological polar surface area (TPSA) is 125 Å². The molecule has 0 aliphatic heterocycles. The number of amides is 2. The average molecular weight is 331 g/mol. The summed E-state index contributed by atoms with van der Waals surface area (Å²) in [6.07, 6.45) is 0. The molecular formula is C15H15N4O5-. The van der Waals surface area contributed by atoms with Gasteiger partial charge in [-0.25, -0.2) is 4.68 Å². The zero-order valence-corrected chi connectivity index (χ0v) is 13.0. The first-order valence-corrected chi connectivity index (χ1v) is 6.96. The van der Waals surface area contributed by atoms with Crippen molar-refractivity contribution in [3.8, 4) is 5.69 Å². The van der Waals surface area contributed by atoms with E-state index in [1.54, 1.807) is 44.3 Å². The number of hydrogen-bond acceptors (Lipinski definition) is 5. The maximum Gasteiger partial charge on any atom is 0.313 e. The minimum atomic E-state index is -1.53. The van der Waals surface area contributed by atoms with E-state index in [0.29, 0.717) is 11.4 Å². The van der Waals surface area contributed by atoms with Gasteiger partial charge in [-0.05, 0) is 19.1 Å². The quantitative estimate of drug-likeness (QED) is 0.645. The van der Waals surface area contributed by atoms with Crippen molar-refractivity contribution in [2.45, 2.75) is 6.92 Å². The SMILES string of the molecule is Cc1c(NC(=O)C(=O)NCC(=O)[O-])c(=O)n(-c2ccccc2)n1C. The summed E-state index contributed by atoms with van der Waals surface area (Å²) in [6.45, 7) is 0.809. The molecule has 2 aromatic rings. The van der Waals surface area contributed by atoms with E-state index in [2.05, 4.69) is 5.32 Å². The van der Waals surface area contributed by atoms with Crippen LogP contribution in [0.5, 0.6) is 0 Å². The first-order valence-electron chi connectivity index (χ1n) is 6.96. The molecule has 9 nitrogen and oxygen atoms in total. The highest BCUT2D eigenvalue weighted by molar-refractivity contribution is 6.39. The number of nitrogens with zero attached hydrogens (tertiary/aromatic N) is 2. The highest BCUT2D eigenvalue weighted by Crippen LogP contribution is 2.13. The summed E-state index contributed by atoms with van der Waals surface area (Å²) < 4.78 is 2.87. The van der Waals surface area contributed by atoms with Crippen molar-refractivity contribution in [2.24, 2.45) is 7.05 Å². The van der Waals surface area contributed by atoms with Crippen LogP contribution in [-0.4, -0.2) is 33.7 Å². The second kappa shape index (κ2) is 6.82. The molecule has 1 heterocycles. The summed E-state index contributed by atoms with van der Waals surface area (Å²) in [5, 5.41) is 14.4. The second-order valence-corrected chi connectivity index (χ2v) is 4.95. The minimum Gasteiger partial charge on any atom is -0.548 e. The molecule has 2 rings (SSSR count). The normalized spacial score (nSPS) is 10.2. The Morgan fingerprint density at radius 3 is 2.33 bits per heavy atom. The van der Waals surface area contributed by atoms with E-state index in [4.69, 9.17) is 0 Å². The number of rotatable bonds is 4. The Balaban J connectivity index is 2.30. The van der Waals surface area contributed by atoms with Crippen LogP contribution in [0.4, 0.5) is 5.69 Å². The van der Waals surface area contributed by atoms with Gasteiger partial charge >= 0.3 is 11.8 Å². The summed E-state index contributed by atoms with van der Waals surface area (Å²) >= 11 is 0. The maximum absolute atomic E-state index is 12.5. The van der Waals surface area contributed by atoms with Crippen LogP contribution in [0.2, 0.25) is 0 Å². The number of carbonyl (C=O) groups excluding carboxylic acids is 3. The predicted octanol–water partition coefficient (Wildman–Crippen LogP) is -1.71. The number of benzene rings is 1. The molecule has 0 aliphatic carbocycles. The summed E-state index contributed by atoms with van der Waals surface area (Å²) in [5.41, 5.74) is 0.456. The van der Waals surface area contributed by atoms with E-state index in [0.717, 1.165) is 0 Å². The molecule has 2 amide bonds. The van der Waals surface area contributed by atoms with Crippen LogP contribution in [0.25, 0.3) is 5.69 Å². The maximum atomic E-state index is 12.5. The van der Waals surface area contributed by atoms with Crippen molar-refractivity contribution in [2.75, 3.05) is 11.9 Å². The lowest BCUT2D eigenvalue weighted by atomic mass is 10.3. The smallest absolute Gasteiger partial charge is 0.313 e. The first-order chi connectivity index (χ1) is 11.3. The lowest BCUT2D eigenvalue weighted by molar-refractivity contribution is -0.303. The van der Waals surface area contributed by atoms with Crippen LogP contribution >= 0.6 is 0 Å². The fraction of sp³-hybridized carbons (Fsp3) is 0.200. The number of nitrogens with one attached hydrogen (secondary N) is 2. The van der Waals surface area contributed by atoms with E-state index in [1.165, 1.54) is 9.36 Å². The number of para-hydroxylation sites is 1. The molecule has 0 radical (unpaired) electrons. The second-order valence-electron chi connectivity index (χ2n) is 4.95. The largest absolute Gasteiger partial charge is 0.548 e. The van der Waals surface area contributed by atoms with Crippen LogP contribution < -0.4 is 21.3 Å². The van der Waals surface area contributed by atoms with Gasteiger partial charge in [-0.1, -0.05) is 18.2 Å². The molecule has 0 fully saturated rings. The monoisotopic (exact) mass is 331 g/mol. The molecule has 0 atom stereocenters. The fourth-order valence-electron chi connectivity index (χ4n) is 2.12. The van der Waals surface area contributed by atoms with Crippen molar-refractivity contribution in [1.29, 1.82) is 0 Å². The Kier molecular flexibility index (Phi) is 4.83. The molecule has 9 heteroatoms. The van der Waals surface area contributed by atoms with Crippen LogP contribution in [0, 0.1) is 6.92 Å². The number of carbonyl (C=O) groups is 3. The predicted molar refractivity (Wildman–Crippen MR) is 82.4 cm³/mol. The van der Waals surface area contributed by atoms with Gasteiger partial charge in [-0.3, -0.25) is 19.1 Å². The van der Waals surface area contributed by atoms with Gasteiger partial charge in [0.05, 0.1) is 23.9 Å². The molecule has 0 spiro atoms. The van der Waals surface area contributed by atoms with Gasteiger partial charge in [0.15, 0.2) is 0 Å². The Hall–Kier alpha value is -3.36.